The van der Waals surface area contributed by atoms with Gasteiger partial charge in [-0.3, -0.25) is 0 Å². The summed E-state index contributed by atoms with van der Waals surface area (Å²) in [5.41, 5.74) is -2.62. The molecule has 4 rings (SSSR count). The van der Waals surface area contributed by atoms with Crippen LogP contribution < -0.4 is 0 Å². The van der Waals surface area contributed by atoms with Crippen molar-refractivity contribution >= 4 is 12.0 Å². The van der Waals surface area contributed by atoms with E-state index in [-0.39, 0.29) is 6.42 Å². The zero-order valence-corrected chi connectivity index (χ0v) is 19.0. The molecule has 6 N–H and O–H groups in total. The summed E-state index contributed by atoms with van der Waals surface area (Å²) in [6, 6.07) is 9.06. The monoisotopic (exact) mass is 494 g/mol. The summed E-state index contributed by atoms with van der Waals surface area (Å²) in [7, 11) is 0. The van der Waals surface area contributed by atoms with Gasteiger partial charge in [0.25, 0.3) is 0 Å². The van der Waals surface area contributed by atoms with Gasteiger partial charge in [-0.15, -0.1) is 0 Å². The van der Waals surface area contributed by atoms with Gasteiger partial charge in [0.05, 0.1) is 24.9 Å². The number of carbonyl (C=O) groups is 1. The van der Waals surface area contributed by atoms with Crippen molar-refractivity contribution in [1.82, 2.24) is 0 Å². The maximum absolute atomic E-state index is 12.6. The van der Waals surface area contributed by atoms with E-state index in [9.17, 15) is 35.4 Å². The number of carbonyl (C=O) groups excluding carboxylic acids is 1. The number of ether oxygens (including phenoxy) is 4. The van der Waals surface area contributed by atoms with Gasteiger partial charge in [0, 0.05) is 12.5 Å². The van der Waals surface area contributed by atoms with E-state index >= 15 is 0 Å². The highest BCUT2D eigenvalue weighted by Crippen LogP contribution is 2.51. The molecule has 2 aliphatic heterocycles. The van der Waals surface area contributed by atoms with Crippen LogP contribution in [0.2, 0.25) is 0 Å². The smallest absolute Gasteiger partial charge is 0.331 e. The number of hydrogen-bond donors (Lipinski definition) is 6. The summed E-state index contributed by atoms with van der Waals surface area (Å²) >= 11 is 0. The average molecular weight is 494 g/mol. The topological polar surface area (TPSA) is 175 Å². The van der Waals surface area contributed by atoms with Crippen molar-refractivity contribution < 1.29 is 54.4 Å². The van der Waals surface area contributed by atoms with Crippen LogP contribution in [0.3, 0.4) is 0 Å². The van der Waals surface area contributed by atoms with Crippen LogP contribution in [0.1, 0.15) is 18.9 Å². The number of rotatable bonds is 6. The molecule has 0 bridgehead atoms. The van der Waals surface area contributed by atoms with Crippen molar-refractivity contribution in [3.8, 4) is 0 Å². The zero-order valence-electron chi connectivity index (χ0n) is 19.0. The van der Waals surface area contributed by atoms with Gasteiger partial charge in [0.1, 0.15) is 35.6 Å². The van der Waals surface area contributed by atoms with Crippen molar-refractivity contribution in [2.45, 2.75) is 67.6 Å². The Morgan fingerprint density at radius 1 is 1.11 bits per heavy atom. The van der Waals surface area contributed by atoms with Crippen molar-refractivity contribution in [3.63, 3.8) is 0 Å². The lowest BCUT2D eigenvalue weighted by Gasteiger charge is -2.45. The van der Waals surface area contributed by atoms with Crippen molar-refractivity contribution in [2.75, 3.05) is 6.61 Å². The summed E-state index contributed by atoms with van der Waals surface area (Å²) in [4.78, 5) is 12.6. The fourth-order valence-corrected chi connectivity index (χ4v) is 4.92. The molecule has 11 nitrogen and oxygen atoms in total. The summed E-state index contributed by atoms with van der Waals surface area (Å²) in [6.07, 6.45) is -5.57. The first-order valence-corrected chi connectivity index (χ1v) is 11.2. The van der Waals surface area contributed by atoms with Crippen LogP contribution in [-0.2, 0) is 23.7 Å². The highest BCUT2D eigenvalue weighted by molar-refractivity contribution is 5.87. The highest BCUT2D eigenvalue weighted by Gasteiger charge is 2.66. The molecule has 1 aromatic rings. The van der Waals surface area contributed by atoms with Crippen LogP contribution in [-0.4, -0.2) is 97.5 Å². The standard InChI is InChI=1S/C24H30O11/c1-23(35-16(27)8-7-13-5-3-2-4-6-13)11-15(26)24(31)9-10-32-22(20(23)24)34-21-19(30)18(29)17(28)14(12-25)33-21/h2-10,14-15,17-22,25-26,28-31H,11-12H2,1H3/b8-7+/t14-,15-,17-,18+,19-,20-,21-,22+,23+,24-/m1/s1. The Morgan fingerprint density at radius 2 is 1.83 bits per heavy atom. The second-order valence-electron chi connectivity index (χ2n) is 9.20. The summed E-state index contributed by atoms with van der Waals surface area (Å²) in [5.74, 6) is -1.90. The SMILES string of the molecule is C[C@]1(OC(=O)/C=C/c2ccccc2)C[C@@H](O)[C@]2(O)C=CO[C@@H](O[C@H]3O[C@H](CO)[C@@H](O)[C@H](O)[C@H]3O)[C@@H]21. The molecule has 11 heteroatoms. The highest BCUT2D eigenvalue weighted by atomic mass is 16.8. The first kappa shape index (κ1) is 25.7. The molecule has 192 valence electrons. The Bertz CT molecular complexity index is 950. The Labute approximate surface area is 201 Å². The quantitative estimate of drug-likeness (QED) is 0.207. The van der Waals surface area contributed by atoms with E-state index in [0.717, 1.165) is 11.8 Å². The van der Waals surface area contributed by atoms with Crippen LogP contribution in [0, 0.1) is 5.92 Å². The number of fused-ring (bicyclic) bond motifs is 1. The first-order valence-electron chi connectivity index (χ1n) is 11.2. The van der Waals surface area contributed by atoms with E-state index in [1.165, 1.54) is 19.1 Å². The molecule has 0 unspecified atom stereocenters. The van der Waals surface area contributed by atoms with Gasteiger partial charge < -0.3 is 49.6 Å². The number of hydrogen-bond acceptors (Lipinski definition) is 11. The normalized spacial score (nSPS) is 43.1. The second kappa shape index (κ2) is 9.96. The summed E-state index contributed by atoms with van der Waals surface area (Å²) in [5, 5.41) is 61.7. The largest absolute Gasteiger partial charge is 0.472 e. The predicted molar refractivity (Wildman–Crippen MR) is 118 cm³/mol. The van der Waals surface area contributed by atoms with E-state index in [4.69, 9.17) is 18.9 Å². The van der Waals surface area contributed by atoms with Crippen molar-refractivity contribution in [3.05, 3.63) is 54.3 Å². The van der Waals surface area contributed by atoms with Gasteiger partial charge in [0.15, 0.2) is 6.29 Å². The molecule has 1 aromatic carbocycles. The van der Waals surface area contributed by atoms with Crippen LogP contribution >= 0.6 is 0 Å². The zero-order chi connectivity index (χ0) is 25.4. The molecule has 2 heterocycles. The van der Waals surface area contributed by atoms with Gasteiger partial charge in [-0.2, -0.15) is 0 Å². The Morgan fingerprint density at radius 3 is 2.51 bits per heavy atom. The van der Waals surface area contributed by atoms with Gasteiger partial charge >= 0.3 is 5.97 Å². The van der Waals surface area contributed by atoms with Gasteiger partial charge in [-0.25, -0.2) is 4.79 Å². The van der Waals surface area contributed by atoms with E-state index in [1.807, 2.05) is 18.2 Å². The Kier molecular flexibility index (Phi) is 7.32. The third-order valence-corrected chi connectivity index (χ3v) is 6.77. The van der Waals surface area contributed by atoms with E-state index in [0.29, 0.717) is 0 Å². The molecular weight excluding hydrogens is 464 g/mol. The van der Waals surface area contributed by atoms with Gasteiger partial charge in [-0.1, -0.05) is 30.3 Å². The lowest BCUT2D eigenvalue weighted by atomic mass is 9.81. The Balaban J connectivity index is 1.55. The molecule has 3 aliphatic rings. The maximum atomic E-state index is 12.6. The fraction of sp³-hybridized carbons (Fsp3) is 0.542. The predicted octanol–water partition coefficient (Wildman–Crippen LogP) is -1.20. The molecule has 0 radical (unpaired) electrons. The minimum absolute atomic E-state index is 0.151. The maximum Gasteiger partial charge on any atom is 0.331 e. The van der Waals surface area contributed by atoms with E-state index in [1.54, 1.807) is 18.2 Å². The molecule has 35 heavy (non-hydrogen) atoms. The molecule has 0 amide bonds. The number of aliphatic hydroxyl groups excluding tert-OH is 5. The molecule has 1 aliphatic carbocycles. The van der Waals surface area contributed by atoms with Crippen LogP contribution in [0.15, 0.2) is 48.7 Å². The number of esters is 1. The number of aliphatic hydroxyl groups is 6. The molecule has 1 saturated heterocycles. The van der Waals surface area contributed by atoms with Crippen LogP contribution in [0.4, 0.5) is 0 Å². The van der Waals surface area contributed by atoms with Crippen molar-refractivity contribution in [2.24, 2.45) is 5.92 Å². The average Bonchev–Trinajstić information content (AvgIpc) is 3.03. The van der Waals surface area contributed by atoms with Gasteiger partial charge in [-0.05, 0) is 24.6 Å². The molecular formula is C24H30O11. The van der Waals surface area contributed by atoms with Crippen LogP contribution in [0.25, 0.3) is 6.08 Å². The lowest BCUT2D eigenvalue weighted by molar-refractivity contribution is -0.351. The number of benzene rings is 1. The van der Waals surface area contributed by atoms with E-state index in [2.05, 4.69) is 0 Å². The van der Waals surface area contributed by atoms with Crippen LogP contribution in [0.5, 0.6) is 0 Å². The molecule has 10 atom stereocenters. The minimum Gasteiger partial charge on any atom is -0.472 e. The first-order chi connectivity index (χ1) is 16.6. The second-order valence-corrected chi connectivity index (χ2v) is 9.20. The molecule has 2 fully saturated rings. The fourth-order valence-electron chi connectivity index (χ4n) is 4.92. The lowest BCUT2D eigenvalue weighted by Crippen LogP contribution is -2.62. The third kappa shape index (κ3) is 4.86. The molecule has 0 aromatic heterocycles. The molecule has 1 saturated carbocycles. The van der Waals surface area contributed by atoms with Crippen molar-refractivity contribution in [1.29, 1.82) is 0 Å². The van der Waals surface area contributed by atoms with E-state index < -0.39 is 72.8 Å². The summed E-state index contributed by atoms with van der Waals surface area (Å²) in [6.45, 7) is 0.852. The minimum atomic E-state index is -1.91. The summed E-state index contributed by atoms with van der Waals surface area (Å²) < 4.78 is 22.3. The van der Waals surface area contributed by atoms with Gasteiger partial charge in [0.2, 0.25) is 6.29 Å². The molecule has 0 spiro atoms. The third-order valence-electron chi connectivity index (χ3n) is 6.77. The Hall–Kier alpha value is -2.35.